The highest BCUT2D eigenvalue weighted by Gasteiger charge is 2.55. The van der Waals surface area contributed by atoms with Gasteiger partial charge in [0.15, 0.2) is 5.75 Å². The van der Waals surface area contributed by atoms with Crippen LogP contribution in [0.3, 0.4) is 0 Å². The molecule has 18 heavy (non-hydrogen) atoms. The van der Waals surface area contributed by atoms with Gasteiger partial charge in [0.05, 0.1) is 12.4 Å². The van der Waals surface area contributed by atoms with Gasteiger partial charge in [-0.2, -0.15) is 5.10 Å². The standard InChI is InChI=1S/C14H23N3O/c1-15-12-8-13(14(12)6-4-3-5-7-14)18-11-9-16-17(2)10-11/h9-10,12-13,15H,3-8H2,1-2H3. The molecule has 0 aromatic carbocycles. The molecule has 100 valence electrons. The number of hydrogen-bond acceptors (Lipinski definition) is 3. The summed E-state index contributed by atoms with van der Waals surface area (Å²) in [6.07, 6.45) is 12.0. The fraction of sp³-hybridized carbons (Fsp3) is 0.786. The Kier molecular flexibility index (Phi) is 3.06. The fourth-order valence-corrected chi connectivity index (χ4v) is 3.82. The highest BCUT2D eigenvalue weighted by molar-refractivity contribution is 5.17. The maximum Gasteiger partial charge on any atom is 0.157 e. The lowest BCUT2D eigenvalue weighted by Gasteiger charge is -2.57. The van der Waals surface area contributed by atoms with Crippen LogP contribution in [0.2, 0.25) is 0 Å². The summed E-state index contributed by atoms with van der Waals surface area (Å²) in [6, 6.07) is 0.638. The Labute approximate surface area is 109 Å². The molecule has 0 bridgehead atoms. The molecule has 1 N–H and O–H groups in total. The Balaban J connectivity index is 1.72. The molecule has 4 nitrogen and oxygen atoms in total. The fourth-order valence-electron chi connectivity index (χ4n) is 3.82. The van der Waals surface area contributed by atoms with Crippen LogP contribution in [-0.4, -0.2) is 29.0 Å². The van der Waals surface area contributed by atoms with Crippen molar-refractivity contribution in [2.24, 2.45) is 12.5 Å². The third-order valence-corrected chi connectivity index (χ3v) is 4.88. The zero-order chi connectivity index (χ0) is 12.6. The van der Waals surface area contributed by atoms with E-state index in [2.05, 4.69) is 17.5 Å². The second-order valence-corrected chi connectivity index (χ2v) is 5.83. The number of hydrogen-bond donors (Lipinski definition) is 1. The lowest BCUT2D eigenvalue weighted by atomic mass is 9.55. The number of ether oxygens (including phenoxy) is 1. The molecule has 1 aromatic rings. The molecule has 0 aliphatic heterocycles. The molecule has 1 heterocycles. The van der Waals surface area contributed by atoms with Gasteiger partial charge in [0.25, 0.3) is 0 Å². The van der Waals surface area contributed by atoms with Crippen molar-refractivity contribution in [2.45, 2.75) is 50.7 Å². The van der Waals surface area contributed by atoms with Crippen molar-refractivity contribution in [2.75, 3.05) is 7.05 Å². The van der Waals surface area contributed by atoms with E-state index in [1.54, 1.807) is 4.68 Å². The van der Waals surface area contributed by atoms with E-state index in [9.17, 15) is 0 Å². The van der Waals surface area contributed by atoms with Crippen molar-refractivity contribution in [1.82, 2.24) is 15.1 Å². The highest BCUT2D eigenvalue weighted by Crippen LogP contribution is 2.53. The molecule has 0 radical (unpaired) electrons. The van der Waals surface area contributed by atoms with E-state index in [-0.39, 0.29) is 0 Å². The predicted octanol–water partition coefficient (Wildman–Crippen LogP) is 2.11. The SMILES string of the molecule is CNC1CC(Oc2cnn(C)c2)C12CCCCC2. The largest absolute Gasteiger partial charge is 0.486 e. The lowest BCUT2D eigenvalue weighted by Crippen LogP contribution is -2.64. The van der Waals surface area contributed by atoms with E-state index in [1.165, 1.54) is 32.1 Å². The third-order valence-electron chi connectivity index (χ3n) is 4.88. The summed E-state index contributed by atoms with van der Waals surface area (Å²) in [6.45, 7) is 0. The van der Waals surface area contributed by atoms with E-state index in [4.69, 9.17) is 4.74 Å². The van der Waals surface area contributed by atoms with E-state index < -0.39 is 0 Å². The first kappa shape index (κ1) is 12.0. The Morgan fingerprint density at radius 3 is 2.78 bits per heavy atom. The number of rotatable bonds is 3. The van der Waals surface area contributed by atoms with Crippen molar-refractivity contribution in [3.05, 3.63) is 12.4 Å². The molecule has 2 aliphatic rings. The van der Waals surface area contributed by atoms with E-state index in [1.807, 2.05) is 19.4 Å². The normalized spacial score (nSPS) is 30.1. The second-order valence-electron chi connectivity index (χ2n) is 5.83. The monoisotopic (exact) mass is 249 g/mol. The van der Waals surface area contributed by atoms with Crippen LogP contribution in [-0.2, 0) is 7.05 Å². The van der Waals surface area contributed by atoms with Crippen LogP contribution in [0.4, 0.5) is 0 Å². The summed E-state index contributed by atoms with van der Waals surface area (Å²) < 4.78 is 7.98. The highest BCUT2D eigenvalue weighted by atomic mass is 16.5. The Bertz CT molecular complexity index is 409. The molecule has 3 rings (SSSR count). The van der Waals surface area contributed by atoms with Crippen LogP contribution in [0.25, 0.3) is 0 Å². The smallest absolute Gasteiger partial charge is 0.157 e. The number of aryl methyl sites for hydroxylation is 1. The van der Waals surface area contributed by atoms with Gasteiger partial charge in [0, 0.05) is 24.9 Å². The molecular formula is C14H23N3O. The molecule has 2 saturated carbocycles. The molecule has 2 unspecified atom stereocenters. The summed E-state index contributed by atoms with van der Waals surface area (Å²) in [5.41, 5.74) is 0.378. The first-order valence-corrected chi connectivity index (χ1v) is 7.07. The molecule has 1 spiro atoms. The Morgan fingerprint density at radius 1 is 1.39 bits per heavy atom. The number of nitrogens with zero attached hydrogens (tertiary/aromatic N) is 2. The molecule has 0 saturated heterocycles. The number of nitrogens with one attached hydrogen (secondary N) is 1. The molecule has 2 aliphatic carbocycles. The van der Waals surface area contributed by atoms with Gasteiger partial charge >= 0.3 is 0 Å². The van der Waals surface area contributed by atoms with Crippen LogP contribution < -0.4 is 10.1 Å². The average molecular weight is 249 g/mol. The maximum absolute atomic E-state index is 6.17. The van der Waals surface area contributed by atoms with E-state index >= 15 is 0 Å². The summed E-state index contributed by atoms with van der Waals surface area (Å²) >= 11 is 0. The van der Waals surface area contributed by atoms with Crippen LogP contribution in [0, 0.1) is 5.41 Å². The van der Waals surface area contributed by atoms with Crippen LogP contribution >= 0.6 is 0 Å². The summed E-state index contributed by atoms with van der Waals surface area (Å²) in [5, 5.41) is 7.66. The summed E-state index contributed by atoms with van der Waals surface area (Å²) in [7, 11) is 4.02. The van der Waals surface area contributed by atoms with E-state index in [0.29, 0.717) is 17.6 Å². The molecule has 2 atom stereocenters. The quantitative estimate of drug-likeness (QED) is 0.891. The van der Waals surface area contributed by atoms with Crippen LogP contribution in [0.1, 0.15) is 38.5 Å². The molecular weight excluding hydrogens is 226 g/mol. The summed E-state index contributed by atoms with van der Waals surface area (Å²) in [4.78, 5) is 0. The van der Waals surface area contributed by atoms with Gasteiger partial charge in [-0.25, -0.2) is 0 Å². The van der Waals surface area contributed by atoms with Gasteiger partial charge in [-0.15, -0.1) is 0 Å². The molecule has 4 heteroatoms. The van der Waals surface area contributed by atoms with E-state index in [0.717, 1.165) is 12.2 Å². The van der Waals surface area contributed by atoms with Crippen molar-refractivity contribution in [1.29, 1.82) is 0 Å². The first-order chi connectivity index (χ1) is 8.74. The first-order valence-electron chi connectivity index (χ1n) is 7.07. The minimum absolute atomic E-state index is 0.374. The maximum atomic E-state index is 6.17. The van der Waals surface area contributed by atoms with Gasteiger partial charge < -0.3 is 10.1 Å². The zero-order valence-electron chi connectivity index (χ0n) is 11.4. The van der Waals surface area contributed by atoms with Crippen LogP contribution in [0.15, 0.2) is 12.4 Å². The molecule has 1 aromatic heterocycles. The predicted molar refractivity (Wildman–Crippen MR) is 70.6 cm³/mol. The van der Waals surface area contributed by atoms with Crippen molar-refractivity contribution in [3.8, 4) is 5.75 Å². The third kappa shape index (κ3) is 1.83. The minimum atomic E-state index is 0.374. The molecule has 2 fully saturated rings. The second kappa shape index (κ2) is 4.57. The Hall–Kier alpha value is -1.03. The number of aromatic nitrogens is 2. The zero-order valence-corrected chi connectivity index (χ0v) is 11.4. The minimum Gasteiger partial charge on any atom is -0.486 e. The van der Waals surface area contributed by atoms with Gasteiger partial charge in [-0.1, -0.05) is 19.3 Å². The van der Waals surface area contributed by atoms with Gasteiger partial charge in [0.1, 0.15) is 6.10 Å². The summed E-state index contributed by atoms with van der Waals surface area (Å²) in [5.74, 6) is 0.919. The average Bonchev–Trinajstić information content (AvgIpc) is 2.81. The van der Waals surface area contributed by atoms with Gasteiger partial charge in [0.2, 0.25) is 0 Å². The van der Waals surface area contributed by atoms with Gasteiger partial charge in [-0.3, -0.25) is 4.68 Å². The molecule has 0 amide bonds. The van der Waals surface area contributed by atoms with Crippen molar-refractivity contribution < 1.29 is 4.74 Å². The van der Waals surface area contributed by atoms with Gasteiger partial charge in [-0.05, 0) is 19.9 Å². The van der Waals surface area contributed by atoms with Crippen molar-refractivity contribution in [3.63, 3.8) is 0 Å². The Morgan fingerprint density at radius 2 is 2.17 bits per heavy atom. The van der Waals surface area contributed by atoms with Crippen LogP contribution in [0.5, 0.6) is 5.75 Å². The topological polar surface area (TPSA) is 39.1 Å². The lowest BCUT2D eigenvalue weighted by molar-refractivity contribution is -0.100. The van der Waals surface area contributed by atoms with Crippen molar-refractivity contribution >= 4 is 0 Å².